The van der Waals surface area contributed by atoms with E-state index in [2.05, 4.69) is 0 Å². The Bertz CT molecular complexity index is 1460. The Hall–Kier alpha value is -3.31. The summed E-state index contributed by atoms with van der Waals surface area (Å²) in [7, 11) is 0. The van der Waals surface area contributed by atoms with Gasteiger partial charge in [-0.15, -0.1) is 0 Å². The number of carbonyl (C=O) groups is 2. The monoisotopic (exact) mass is 548 g/mol. The number of benzene rings is 4. The Labute approximate surface area is 231 Å². The Morgan fingerprint density at radius 1 is 0.811 bits per heavy atom. The van der Waals surface area contributed by atoms with Crippen molar-refractivity contribution in [1.82, 2.24) is 0 Å². The molecule has 0 bridgehead atoms. The molecule has 0 radical (unpaired) electrons. The molecule has 1 heterocycles. The molecule has 0 fully saturated rings. The molecule has 2 unspecified atom stereocenters. The first-order valence-corrected chi connectivity index (χ1v) is 13.0. The molecule has 4 aromatic carbocycles. The SMILES string of the molecule is CC1CC(N(C(=O)c2ccc(Cl)cc2)c2ccccc2)c2ccccc2N1C(=O)c1ccc(Cl)cc1Cl. The van der Waals surface area contributed by atoms with Crippen LogP contribution in [0, 0.1) is 0 Å². The maximum absolute atomic E-state index is 14.0. The molecule has 2 amide bonds. The molecule has 0 aromatic heterocycles. The molecule has 0 N–H and O–H groups in total. The molecule has 0 saturated carbocycles. The van der Waals surface area contributed by atoms with Gasteiger partial charge < -0.3 is 9.80 Å². The number of carbonyl (C=O) groups excluding carboxylic acids is 2. The van der Waals surface area contributed by atoms with Gasteiger partial charge in [-0.3, -0.25) is 9.59 Å². The van der Waals surface area contributed by atoms with Crippen LogP contribution in [0.4, 0.5) is 11.4 Å². The molecular weight excluding hydrogens is 527 g/mol. The standard InChI is InChI=1S/C30H23Cl3N2O2/c1-19-17-28(35(23-7-3-2-4-8-23)29(36)20-11-13-21(31)14-12-20)25-9-5-6-10-27(25)34(19)30(37)24-16-15-22(32)18-26(24)33/h2-16,18-19,28H,17H2,1H3. The minimum atomic E-state index is -0.304. The zero-order chi connectivity index (χ0) is 26.1. The number of hydrogen-bond acceptors (Lipinski definition) is 2. The second kappa shape index (κ2) is 10.6. The lowest BCUT2D eigenvalue weighted by atomic mass is 9.89. The van der Waals surface area contributed by atoms with Gasteiger partial charge in [0.25, 0.3) is 11.8 Å². The van der Waals surface area contributed by atoms with Gasteiger partial charge in [0.2, 0.25) is 0 Å². The summed E-state index contributed by atoms with van der Waals surface area (Å²) >= 11 is 18.6. The Kier molecular flexibility index (Phi) is 7.25. The first kappa shape index (κ1) is 25.3. The molecule has 0 aliphatic carbocycles. The highest BCUT2D eigenvalue weighted by molar-refractivity contribution is 6.37. The fraction of sp³-hybridized carbons (Fsp3) is 0.133. The third-order valence-corrected chi connectivity index (χ3v) is 7.40. The minimum absolute atomic E-state index is 0.143. The fourth-order valence-corrected chi connectivity index (χ4v) is 5.50. The van der Waals surface area contributed by atoms with Crippen molar-refractivity contribution < 1.29 is 9.59 Å². The van der Waals surface area contributed by atoms with Crippen molar-refractivity contribution in [2.75, 3.05) is 9.80 Å². The summed E-state index contributed by atoms with van der Waals surface area (Å²) in [6, 6.07) is 28.5. The Balaban J connectivity index is 1.61. The van der Waals surface area contributed by atoms with Crippen LogP contribution >= 0.6 is 34.8 Å². The van der Waals surface area contributed by atoms with Gasteiger partial charge in [0.15, 0.2) is 0 Å². The summed E-state index contributed by atoms with van der Waals surface area (Å²) < 4.78 is 0. The smallest absolute Gasteiger partial charge is 0.260 e. The van der Waals surface area contributed by atoms with Crippen LogP contribution in [0.25, 0.3) is 0 Å². The summed E-state index contributed by atoms with van der Waals surface area (Å²) in [5.41, 5.74) is 3.31. The molecule has 2 atom stereocenters. The fourth-order valence-electron chi connectivity index (χ4n) is 4.89. The number of anilines is 2. The van der Waals surface area contributed by atoms with E-state index in [4.69, 9.17) is 34.8 Å². The molecule has 0 saturated heterocycles. The first-order valence-electron chi connectivity index (χ1n) is 11.9. The third kappa shape index (κ3) is 4.97. The van der Waals surface area contributed by atoms with E-state index in [0.29, 0.717) is 32.6 Å². The minimum Gasteiger partial charge on any atom is -0.305 e. The van der Waals surface area contributed by atoms with Gasteiger partial charge in [-0.2, -0.15) is 0 Å². The van der Waals surface area contributed by atoms with Crippen LogP contribution in [0.3, 0.4) is 0 Å². The number of para-hydroxylation sites is 2. The summed E-state index contributed by atoms with van der Waals surface area (Å²) in [4.78, 5) is 31.3. The van der Waals surface area contributed by atoms with Gasteiger partial charge in [0.1, 0.15) is 0 Å². The number of halogens is 3. The summed E-state index contributed by atoms with van der Waals surface area (Å²) in [6.07, 6.45) is 0.530. The molecule has 4 aromatic rings. The van der Waals surface area contributed by atoms with Gasteiger partial charge in [-0.1, -0.05) is 71.2 Å². The maximum atomic E-state index is 14.0. The average Bonchev–Trinajstić information content (AvgIpc) is 2.89. The summed E-state index contributed by atoms with van der Waals surface area (Å²) in [5.74, 6) is -0.356. The molecule has 1 aliphatic rings. The van der Waals surface area contributed by atoms with Crippen molar-refractivity contribution in [3.05, 3.63) is 129 Å². The van der Waals surface area contributed by atoms with Crippen LogP contribution in [0.2, 0.25) is 15.1 Å². The van der Waals surface area contributed by atoms with E-state index >= 15 is 0 Å². The highest BCUT2D eigenvalue weighted by Crippen LogP contribution is 2.43. The van der Waals surface area contributed by atoms with Crippen molar-refractivity contribution in [2.24, 2.45) is 0 Å². The average molecular weight is 550 g/mol. The first-order chi connectivity index (χ1) is 17.8. The predicted octanol–water partition coefficient (Wildman–Crippen LogP) is 8.47. The van der Waals surface area contributed by atoms with Crippen LogP contribution in [-0.2, 0) is 0 Å². The van der Waals surface area contributed by atoms with Gasteiger partial charge in [0.05, 0.1) is 16.6 Å². The normalized spacial score (nSPS) is 16.7. The second-order valence-electron chi connectivity index (χ2n) is 8.98. The molecular formula is C30H23Cl3N2O2. The second-order valence-corrected chi connectivity index (χ2v) is 10.3. The van der Waals surface area contributed by atoms with E-state index in [0.717, 1.165) is 16.9 Å². The van der Waals surface area contributed by atoms with E-state index < -0.39 is 0 Å². The van der Waals surface area contributed by atoms with Gasteiger partial charge in [0, 0.05) is 33.0 Å². The molecule has 7 heteroatoms. The van der Waals surface area contributed by atoms with E-state index in [9.17, 15) is 9.59 Å². The van der Waals surface area contributed by atoms with Crippen molar-refractivity contribution in [3.8, 4) is 0 Å². The topological polar surface area (TPSA) is 40.6 Å². The molecule has 0 spiro atoms. The van der Waals surface area contributed by atoms with Crippen molar-refractivity contribution >= 4 is 58.0 Å². The van der Waals surface area contributed by atoms with Crippen molar-refractivity contribution in [3.63, 3.8) is 0 Å². The number of hydrogen-bond donors (Lipinski definition) is 0. The Morgan fingerprint density at radius 2 is 1.46 bits per heavy atom. The van der Waals surface area contributed by atoms with Crippen molar-refractivity contribution in [2.45, 2.75) is 25.4 Å². The third-order valence-electron chi connectivity index (χ3n) is 6.60. The number of nitrogens with zero attached hydrogens (tertiary/aromatic N) is 2. The number of rotatable bonds is 4. The molecule has 186 valence electrons. The van der Waals surface area contributed by atoms with Crippen molar-refractivity contribution in [1.29, 1.82) is 0 Å². The van der Waals surface area contributed by atoms with Crippen LogP contribution < -0.4 is 9.80 Å². The van der Waals surface area contributed by atoms with Crippen LogP contribution in [-0.4, -0.2) is 17.9 Å². The largest absolute Gasteiger partial charge is 0.305 e. The van der Waals surface area contributed by atoms with Gasteiger partial charge in [-0.05, 0) is 79.6 Å². The maximum Gasteiger partial charge on any atom is 0.260 e. The lowest BCUT2D eigenvalue weighted by Crippen LogP contribution is -2.48. The van der Waals surface area contributed by atoms with Crippen LogP contribution in [0.5, 0.6) is 0 Å². The zero-order valence-electron chi connectivity index (χ0n) is 19.9. The van der Waals surface area contributed by atoms with Gasteiger partial charge >= 0.3 is 0 Å². The highest BCUT2D eigenvalue weighted by Gasteiger charge is 2.39. The number of amides is 2. The highest BCUT2D eigenvalue weighted by atomic mass is 35.5. The Morgan fingerprint density at radius 3 is 2.16 bits per heavy atom. The van der Waals surface area contributed by atoms with E-state index in [1.165, 1.54) is 0 Å². The summed E-state index contributed by atoms with van der Waals surface area (Å²) in [6.45, 7) is 1.99. The summed E-state index contributed by atoms with van der Waals surface area (Å²) in [5, 5.41) is 1.33. The quantitative estimate of drug-likeness (QED) is 0.256. The van der Waals surface area contributed by atoms with E-state index in [-0.39, 0.29) is 23.9 Å². The predicted molar refractivity (Wildman–Crippen MR) is 151 cm³/mol. The van der Waals surface area contributed by atoms with E-state index in [1.807, 2.05) is 66.4 Å². The zero-order valence-corrected chi connectivity index (χ0v) is 22.2. The van der Waals surface area contributed by atoms with E-state index in [1.54, 1.807) is 47.4 Å². The molecule has 37 heavy (non-hydrogen) atoms. The lowest BCUT2D eigenvalue weighted by Gasteiger charge is -2.43. The molecule has 4 nitrogen and oxygen atoms in total. The molecule has 5 rings (SSSR count). The van der Waals surface area contributed by atoms with Crippen LogP contribution in [0.1, 0.15) is 45.7 Å². The molecule has 1 aliphatic heterocycles. The van der Waals surface area contributed by atoms with Crippen LogP contribution in [0.15, 0.2) is 97.1 Å². The number of fused-ring (bicyclic) bond motifs is 1. The lowest BCUT2D eigenvalue weighted by molar-refractivity contribution is 0.0965. The van der Waals surface area contributed by atoms with Gasteiger partial charge in [-0.25, -0.2) is 0 Å².